The van der Waals surface area contributed by atoms with Crippen LogP contribution < -0.4 is 14.4 Å². The van der Waals surface area contributed by atoms with Gasteiger partial charge in [-0.05, 0) is 72.8 Å². The highest BCUT2D eigenvalue weighted by molar-refractivity contribution is 7.92. The zero-order valence-electron chi connectivity index (χ0n) is 19.7. The van der Waals surface area contributed by atoms with Crippen LogP contribution in [-0.2, 0) is 16.6 Å². The molecule has 5 aromatic rings. The number of nitrogens with one attached hydrogen (secondary N) is 1. The van der Waals surface area contributed by atoms with Crippen molar-refractivity contribution in [2.75, 3.05) is 16.7 Å². The lowest BCUT2D eigenvalue weighted by Gasteiger charge is -2.19. The van der Waals surface area contributed by atoms with Crippen LogP contribution in [0, 0.1) is 5.82 Å². The Hall–Kier alpha value is -3.93. The molecule has 12 heteroatoms. The molecule has 2 aromatic heterocycles. The van der Waals surface area contributed by atoms with Gasteiger partial charge in [0.1, 0.15) is 22.8 Å². The van der Waals surface area contributed by atoms with Gasteiger partial charge >= 0.3 is 0 Å². The van der Waals surface area contributed by atoms with Crippen LogP contribution in [0.1, 0.15) is 16.1 Å². The van der Waals surface area contributed by atoms with E-state index in [1.54, 1.807) is 24.3 Å². The average Bonchev–Trinajstić information content (AvgIpc) is 3.58. The third-order valence-corrected chi connectivity index (χ3v) is 8.48. The van der Waals surface area contributed by atoms with E-state index < -0.39 is 15.8 Å². The summed E-state index contributed by atoms with van der Waals surface area (Å²) in [5, 5.41) is 0.863. The van der Waals surface area contributed by atoms with Crippen LogP contribution in [0.2, 0.25) is 5.02 Å². The lowest BCUT2D eigenvalue weighted by atomic mass is 10.2. The van der Waals surface area contributed by atoms with Gasteiger partial charge in [-0.2, -0.15) is 0 Å². The monoisotopic (exact) mass is 571 g/mol. The molecule has 0 radical (unpaired) electrons. The predicted molar refractivity (Wildman–Crippen MR) is 144 cm³/mol. The van der Waals surface area contributed by atoms with Crippen LogP contribution >= 0.6 is 22.9 Å². The van der Waals surface area contributed by atoms with Gasteiger partial charge in [0.25, 0.3) is 15.9 Å². The summed E-state index contributed by atoms with van der Waals surface area (Å²) in [6.07, 6.45) is 1.51. The molecule has 38 heavy (non-hydrogen) atoms. The number of methoxy groups -OCH3 is 1. The molecule has 0 unspecified atom stereocenters. The number of ether oxygens (including phenoxy) is 1. The molecule has 194 valence electrons. The van der Waals surface area contributed by atoms with Gasteiger partial charge in [-0.1, -0.05) is 22.9 Å². The number of carbonyl (C=O) groups excluding carboxylic acids is 1. The molecule has 0 spiro atoms. The Labute approximate surface area is 226 Å². The number of fused-ring (bicyclic) bond motifs is 1. The fourth-order valence-electron chi connectivity index (χ4n) is 3.67. The normalized spacial score (nSPS) is 11.4. The van der Waals surface area contributed by atoms with Gasteiger partial charge in [-0.25, -0.2) is 17.8 Å². The molecule has 5 rings (SSSR count). The second kappa shape index (κ2) is 10.4. The number of hydrogen-bond acceptors (Lipinski definition) is 7. The fourth-order valence-corrected chi connectivity index (χ4v) is 5.98. The largest absolute Gasteiger partial charge is 0.494 e. The van der Waals surface area contributed by atoms with Crippen LogP contribution in [0.5, 0.6) is 5.75 Å². The Morgan fingerprint density at radius 3 is 2.50 bits per heavy atom. The van der Waals surface area contributed by atoms with Crippen molar-refractivity contribution in [1.82, 2.24) is 4.98 Å². The highest BCUT2D eigenvalue weighted by Gasteiger charge is 2.25. The minimum atomic E-state index is -3.94. The molecule has 0 aliphatic rings. The Balaban J connectivity index is 1.45. The number of hydrogen-bond donors (Lipinski definition) is 1. The first-order chi connectivity index (χ1) is 18.2. The first kappa shape index (κ1) is 25.7. The number of rotatable bonds is 8. The Morgan fingerprint density at radius 2 is 1.84 bits per heavy atom. The van der Waals surface area contributed by atoms with E-state index in [1.807, 2.05) is 0 Å². The molecule has 1 N–H and O–H groups in total. The molecule has 0 saturated carbocycles. The first-order valence-electron chi connectivity index (χ1n) is 11.1. The molecule has 0 aliphatic carbocycles. The van der Waals surface area contributed by atoms with Crippen molar-refractivity contribution < 1.29 is 26.8 Å². The number of benzene rings is 3. The van der Waals surface area contributed by atoms with Crippen LogP contribution in [0.15, 0.2) is 88.4 Å². The molecular formula is C26H19ClFN3O5S2. The van der Waals surface area contributed by atoms with Crippen molar-refractivity contribution >= 4 is 59.9 Å². The fraction of sp³-hybridized carbons (Fsp3) is 0.0769. The van der Waals surface area contributed by atoms with E-state index in [1.165, 1.54) is 66.0 Å². The van der Waals surface area contributed by atoms with Crippen molar-refractivity contribution in [3.63, 3.8) is 0 Å². The Kier molecular flexibility index (Phi) is 7.06. The topological polar surface area (TPSA) is 102 Å². The summed E-state index contributed by atoms with van der Waals surface area (Å²) in [6, 6.07) is 17.3. The highest BCUT2D eigenvalue weighted by atomic mass is 35.5. The number of aromatic nitrogens is 1. The number of furan rings is 1. The van der Waals surface area contributed by atoms with E-state index in [9.17, 15) is 17.6 Å². The molecule has 3 aromatic carbocycles. The van der Waals surface area contributed by atoms with E-state index in [4.69, 9.17) is 20.8 Å². The summed E-state index contributed by atoms with van der Waals surface area (Å²) >= 11 is 7.62. The number of anilines is 2. The summed E-state index contributed by atoms with van der Waals surface area (Å²) in [5.41, 5.74) is 1.06. The highest BCUT2D eigenvalue weighted by Crippen LogP contribution is 2.39. The van der Waals surface area contributed by atoms with Gasteiger partial charge in [0.15, 0.2) is 5.13 Å². The number of amides is 1. The second-order valence-electron chi connectivity index (χ2n) is 8.03. The van der Waals surface area contributed by atoms with E-state index in [0.717, 1.165) is 12.1 Å². The van der Waals surface area contributed by atoms with Crippen LogP contribution in [0.3, 0.4) is 0 Å². The quantitative estimate of drug-likeness (QED) is 0.233. The van der Waals surface area contributed by atoms with Crippen LogP contribution in [-0.4, -0.2) is 26.4 Å². The summed E-state index contributed by atoms with van der Waals surface area (Å²) in [6.45, 7) is 0.102. The summed E-state index contributed by atoms with van der Waals surface area (Å²) in [5.74, 6) is 0.137. The zero-order chi connectivity index (χ0) is 26.9. The zero-order valence-corrected chi connectivity index (χ0v) is 22.1. The van der Waals surface area contributed by atoms with Gasteiger partial charge in [0.2, 0.25) is 0 Å². The summed E-state index contributed by atoms with van der Waals surface area (Å²) in [7, 11) is -2.41. The maximum atomic E-state index is 13.7. The smallest absolute Gasteiger partial charge is 0.261 e. The lowest BCUT2D eigenvalue weighted by molar-refractivity contribution is 0.0983. The Bertz CT molecular complexity index is 1700. The number of nitrogens with zero attached hydrogens (tertiary/aromatic N) is 2. The van der Waals surface area contributed by atoms with Crippen molar-refractivity contribution in [2.45, 2.75) is 11.4 Å². The number of carbonyl (C=O) groups is 1. The van der Waals surface area contributed by atoms with Crippen LogP contribution in [0.4, 0.5) is 15.2 Å². The molecule has 0 bridgehead atoms. The number of halogens is 2. The van der Waals surface area contributed by atoms with Crippen molar-refractivity contribution in [1.29, 1.82) is 0 Å². The summed E-state index contributed by atoms with van der Waals surface area (Å²) in [4.78, 5) is 19.6. The molecule has 0 atom stereocenters. The maximum Gasteiger partial charge on any atom is 0.261 e. The molecule has 0 aliphatic heterocycles. The average molecular weight is 572 g/mol. The predicted octanol–water partition coefficient (Wildman–Crippen LogP) is 6.34. The Morgan fingerprint density at radius 1 is 1.11 bits per heavy atom. The molecule has 0 saturated heterocycles. The van der Waals surface area contributed by atoms with Gasteiger partial charge < -0.3 is 9.15 Å². The second-order valence-corrected chi connectivity index (χ2v) is 11.1. The van der Waals surface area contributed by atoms with Gasteiger partial charge in [0, 0.05) is 11.3 Å². The molecule has 1 amide bonds. The van der Waals surface area contributed by atoms with Crippen molar-refractivity contribution in [3.05, 3.63) is 101 Å². The summed E-state index contributed by atoms with van der Waals surface area (Å²) < 4.78 is 52.4. The SMILES string of the molecule is COc1ccc(Cl)c2sc(N(Cc3ccco3)C(=O)c3ccc(NS(=O)(=O)c4ccc(F)cc4)cc3)nc12. The first-order valence-corrected chi connectivity index (χ1v) is 13.8. The minimum absolute atomic E-state index is 0.0893. The molecule has 2 heterocycles. The van der Waals surface area contributed by atoms with Gasteiger partial charge in [-0.15, -0.1) is 0 Å². The third kappa shape index (κ3) is 5.21. The van der Waals surface area contributed by atoms with Crippen molar-refractivity contribution in [2.24, 2.45) is 0 Å². The van der Waals surface area contributed by atoms with E-state index >= 15 is 0 Å². The minimum Gasteiger partial charge on any atom is -0.494 e. The maximum absolute atomic E-state index is 13.7. The van der Waals surface area contributed by atoms with E-state index in [2.05, 4.69) is 9.71 Å². The van der Waals surface area contributed by atoms with Gasteiger partial charge in [-0.3, -0.25) is 14.4 Å². The standard InChI is InChI=1S/C26H19ClFN3O5S2/c1-35-22-13-12-21(27)24-23(22)29-26(37-24)31(15-19-3-2-14-36-19)25(32)16-4-8-18(9-5-16)30-38(33,34)20-10-6-17(28)7-11-20/h2-14,30H,15H2,1H3. The van der Waals surface area contributed by atoms with Crippen LogP contribution in [0.25, 0.3) is 10.2 Å². The number of thiazole rings is 1. The molecule has 0 fully saturated rings. The number of sulfonamides is 1. The van der Waals surface area contributed by atoms with Gasteiger partial charge in [0.05, 0.1) is 34.5 Å². The third-order valence-electron chi connectivity index (χ3n) is 5.55. The lowest BCUT2D eigenvalue weighted by Crippen LogP contribution is -2.30. The molecular weight excluding hydrogens is 553 g/mol. The van der Waals surface area contributed by atoms with E-state index in [0.29, 0.717) is 37.4 Å². The van der Waals surface area contributed by atoms with E-state index in [-0.39, 0.29) is 23.0 Å². The molecule has 8 nitrogen and oxygen atoms in total. The van der Waals surface area contributed by atoms with Crippen molar-refractivity contribution in [3.8, 4) is 5.75 Å².